The van der Waals surface area contributed by atoms with Gasteiger partial charge in [0, 0.05) is 36.1 Å². The Balaban J connectivity index is 1.97. The number of carbonyl (C=O) groups is 1. The van der Waals surface area contributed by atoms with Crippen LogP contribution >= 0.6 is 15.9 Å². The highest BCUT2D eigenvalue weighted by Gasteiger charge is 2.47. The summed E-state index contributed by atoms with van der Waals surface area (Å²) in [6.07, 6.45) is 0.326. The predicted octanol–water partition coefficient (Wildman–Crippen LogP) is 2.15. The van der Waals surface area contributed by atoms with Crippen LogP contribution in [0.4, 0.5) is 0 Å². The second-order valence-corrected chi connectivity index (χ2v) is 5.84. The van der Waals surface area contributed by atoms with Crippen molar-refractivity contribution in [2.75, 3.05) is 13.6 Å². The number of hydrogen-bond donors (Lipinski definition) is 1. The molecule has 1 amide bonds. The van der Waals surface area contributed by atoms with Crippen molar-refractivity contribution >= 4 is 21.8 Å². The van der Waals surface area contributed by atoms with Crippen molar-refractivity contribution in [2.45, 2.75) is 12.0 Å². The third kappa shape index (κ3) is 2.05. The standard InChI is InChI=1S/C14H13BrN2O3/c1-17-6-5-14(19,13(17)18)12-8-11(20-16-12)9-3-2-4-10(15)7-9/h2-4,7-8,19H,5-6H2,1H3/t14-/m1/s1. The number of aliphatic hydroxyl groups is 1. The average Bonchev–Trinajstić information content (AvgIpc) is 3.02. The van der Waals surface area contributed by atoms with E-state index in [-0.39, 0.29) is 11.6 Å². The van der Waals surface area contributed by atoms with Crippen molar-refractivity contribution in [1.29, 1.82) is 0 Å². The highest BCUT2D eigenvalue weighted by Crippen LogP contribution is 2.34. The summed E-state index contributed by atoms with van der Waals surface area (Å²) in [5.41, 5.74) is -0.468. The molecule has 1 aromatic carbocycles. The van der Waals surface area contributed by atoms with E-state index in [1.54, 1.807) is 13.1 Å². The molecule has 0 unspecified atom stereocenters. The quantitative estimate of drug-likeness (QED) is 0.912. The van der Waals surface area contributed by atoms with Gasteiger partial charge in [-0.1, -0.05) is 33.2 Å². The van der Waals surface area contributed by atoms with Crippen LogP contribution in [0.3, 0.4) is 0 Å². The molecule has 6 heteroatoms. The summed E-state index contributed by atoms with van der Waals surface area (Å²) in [7, 11) is 1.66. The fourth-order valence-electron chi connectivity index (χ4n) is 2.34. The van der Waals surface area contributed by atoms with Crippen molar-refractivity contribution < 1.29 is 14.4 Å². The van der Waals surface area contributed by atoms with Gasteiger partial charge in [0.05, 0.1) is 0 Å². The van der Waals surface area contributed by atoms with Gasteiger partial charge in [-0.25, -0.2) is 0 Å². The lowest BCUT2D eigenvalue weighted by Gasteiger charge is -2.16. The first-order valence-electron chi connectivity index (χ1n) is 6.22. The maximum absolute atomic E-state index is 12.0. The number of carbonyl (C=O) groups excluding carboxylic acids is 1. The highest BCUT2D eigenvalue weighted by molar-refractivity contribution is 9.10. The second kappa shape index (κ2) is 4.71. The summed E-state index contributed by atoms with van der Waals surface area (Å²) in [6, 6.07) is 9.17. The number of aromatic nitrogens is 1. The Bertz CT molecular complexity index is 670. The molecule has 1 N–H and O–H groups in total. The molecule has 2 heterocycles. The van der Waals surface area contributed by atoms with Crippen molar-refractivity contribution in [3.8, 4) is 11.3 Å². The van der Waals surface area contributed by atoms with Crippen LogP contribution in [0.2, 0.25) is 0 Å². The van der Waals surface area contributed by atoms with Gasteiger partial charge in [-0.3, -0.25) is 4.79 Å². The molecular formula is C14H13BrN2O3. The number of hydrogen-bond acceptors (Lipinski definition) is 4. The van der Waals surface area contributed by atoms with E-state index in [4.69, 9.17) is 4.52 Å². The summed E-state index contributed by atoms with van der Waals surface area (Å²) in [6.45, 7) is 0.508. The van der Waals surface area contributed by atoms with E-state index in [1.165, 1.54) is 4.90 Å². The third-order valence-corrected chi connectivity index (χ3v) is 4.05. The molecule has 0 aliphatic carbocycles. The van der Waals surface area contributed by atoms with Crippen LogP contribution in [0, 0.1) is 0 Å². The Morgan fingerprint density at radius 1 is 1.45 bits per heavy atom. The minimum Gasteiger partial charge on any atom is -0.374 e. The van der Waals surface area contributed by atoms with Crippen LogP contribution in [0.15, 0.2) is 39.3 Å². The SMILES string of the molecule is CN1CC[C@@](O)(c2cc(-c3cccc(Br)c3)on2)C1=O. The molecule has 1 fully saturated rings. The summed E-state index contributed by atoms with van der Waals surface area (Å²) in [5.74, 6) is 0.184. The Kier molecular flexibility index (Phi) is 3.14. The van der Waals surface area contributed by atoms with Crippen LogP contribution < -0.4 is 0 Å². The fraction of sp³-hybridized carbons (Fsp3) is 0.286. The lowest BCUT2D eigenvalue weighted by Crippen LogP contribution is -2.36. The lowest BCUT2D eigenvalue weighted by atomic mass is 9.97. The molecule has 5 nitrogen and oxygen atoms in total. The Labute approximate surface area is 124 Å². The minimum absolute atomic E-state index is 0.266. The molecule has 0 bridgehead atoms. The van der Waals surface area contributed by atoms with Crippen LogP contribution in [0.5, 0.6) is 0 Å². The topological polar surface area (TPSA) is 66.6 Å². The van der Waals surface area contributed by atoms with E-state index in [2.05, 4.69) is 21.1 Å². The first-order valence-corrected chi connectivity index (χ1v) is 7.01. The van der Waals surface area contributed by atoms with Crippen molar-refractivity contribution in [2.24, 2.45) is 0 Å². The Morgan fingerprint density at radius 3 is 2.90 bits per heavy atom. The number of likely N-dealkylation sites (tertiary alicyclic amines) is 1. The molecule has 1 aliphatic heterocycles. The molecule has 2 aromatic rings. The van der Waals surface area contributed by atoms with E-state index in [0.29, 0.717) is 18.7 Å². The third-order valence-electron chi connectivity index (χ3n) is 3.55. The molecule has 1 atom stereocenters. The summed E-state index contributed by atoms with van der Waals surface area (Å²) in [4.78, 5) is 13.5. The lowest BCUT2D eigenvalue weighted by molar-refractivity contribution is -0.143. The van der Waals surface area contributed by atoms with E-state index in [0.717, 1.165) is 10.0 Å². The van der Waals surface area contributed by atoms with E-state index in [9.17, 15) is 9.90 Å². The largest absolute Gasteiger partial charge is 0.374 e. The van der Waals surface area contributed by atoms with Gasteiger partial charge in [0.2, 0.25) is 0 Å². The van der Waals surface area contributed by atoms with Crippen molar-refractivity contribution in [3.05, 3.63) is 40.5 Å². The van der Waals surface area contributed by atoms with Gasteiger partial charge >= 0.3 is 0 Å². The van der Waals surface area contributed by atoms with Crippen LogP contribution in [0.25, 0.3) is 11.3 Å². The number of nitrogens with zero attached hydrogens (tertiary/aromatic N) is 2. The van der Waals surface area contributed by atoms with Crippen LogP contribution in [-0.4, -0.2) is 34.7 Å². The molecule has 20 heavy (non-hydrogen) atoms. The van der Waals surface area contributed by atoms with Crippen LogP contribution in [0.1, 0.15) is 12.1 Å². The fourth-order valence-corrected chi connectivity index (χ4v) is 2.74. The number of likely N-dealkylation sites (N-methyl/N-ethyl adjacent to an activating group) is 1. The molecular weight excluding hydrogens is 324 g/mol. The zero-order valence-corrected chi connectivity index (χ0v) is 12.4. The maximum Gasteiger partial charge on any atom is 0.260 e. The molecule has 3 rings (SSSR count). The zero-order valence-electron chi connectivity index (χ0n) is 10.8. The van der Waals surface area contributed by atoms with E-state index < -0.39 is 5.60 Å². The molecule has 1 aromatic heterocycles. The predicted molar refractivity (Wildman–Crippen MR) is 75.8 cm³/mol. The second-order valence-electron chi connectivity index (χ2n) is 4.92. The first kappa shape index (κ1) is 13.3. The molecule has 1 saturated heterocycles. The zero-order chi connectivity index (χ0) is 14.3. The molecule has 1 aliphatic rings. The van der Waals surface area contributed by atoms with Gasteiger partial charge in [0.1, 0.15) is 5.69 Å². The molecule has 104 valence electrons. The summed E-state index contributed by atoms with van der Waals surface area (Å²) < 4.78 is 6.19. The van der Waals surface area contributed by atoms with Crippen LogP contribution in [-0.2, 0) is 10.4 Å². The van der Waals surface area contributed by atoms with E-state index in [1.807, 2.05) is 24.3 Å². The Morgan fingerprint density at radius 2 is 2.25 bits per heavy atom. The minimum atomic E-state index is -1.57. The van der Waals surface area contributed by atoms with Gasteiger partial charge in [-0.05, 0) is 12.1 Å². The van der Waals surface area contributed by atoms with Gasteiger partial charge in [0.25, 0.3) is 5.91 Å². The maximum atomic E-state index is 12.0. The van der Waals surface area contributed by atoms with Crippen molar-refractivity contribution in [1.82, 2.24) is 10.1 Å². The number of benzene rings is 1. The Hall–Kier alpha value is -1.66. The van der Waals surface area contributed by atoms with Gasteiger partial charge < -0.3 is 14.5 Å². The van der Waals surface area contributed by atoms with Gasteiger partial charge in [0.15, 0.2) is 11.4 Å². The smallest absolute Gasteiger partial charge is 0.260 e. The number of rotatable bonds is 2. The number of halogens is 1. The first-order chi connectivity index (χ1) is 9.50. The van der Waals surface area contributed by atoms with E-state index >= 15 is 0 Å². The molecule has 0 spiro atoms. The molecule has 0 saturated carbocycles. The summed E-state index contributed by atoms with van der Waals surface area (Å²) in [5, 5.41) is 14.4. The summed E-state index contributed by atoms with van der Waals surface area (Å²) >= 11 is 3.39. The molecule has 0 radical (unpaired) electrons. The van der Waals surface area contributed by atoms with Crippen molar-refractivity contribution in [3.63, 3.8) is 0 Å². The number of amides is 1. The average molecular weight is 337 g/mol. The van der Waals surface area contributed by atoms with Gasteiger partial charge in [-0.2, -0.15) is 0 Å². The monoisotopic (exact) mass is 336 g/mol. The normalized spacial score (nSPS) is 22.6. The highest BCUT2D eigenvalue weighted by atomic mass is 79.9. The van der Waals surface area contributed by atoms with Gasteiger partial charge in [-0.15, -0.1) is 0 Å².